The Morgan fingerprint density at radius 1 is 1.16 bits per heavy atom. The van der Waals surface area contributed by atoms with Gasteiger partial charge in [-0.15, -0.1) is 0 Å². The van der Waals surface area contributed by atoms with Gasteiger partial charge in [0.15, 0.2) is 0 Å². The molecule has 0 radical (unpaired) electrons. The van der Waals surface area contributed by atoms with Crippen molar-refractivity contribution >= 4 is 27.6 Å². The van der Waals surface area contributed by atoms with Crippen LogP contribution in [0, 0.1) is 11.3 Å². The van der Waals surface area contributed by atoms with Crippen molar-refractivity contribution in [3.63, 3.8) is 0 Å². The number of fused-ring (bicyclic) bond motifs is 2. The minimum atomic E-state index is -0.0723. The summed E-state index contributed by atoms with van der Waals surface area (Å²) in [7, 11) is 3.70. The number of pyridine rings is 2. The van der Waals surface area contributed by atoms with Crippen LogP contribution in [-0.4, -0.2) is 49.9 Å². The predicted molar refractivity (Wildman–Crippen MR) is 124 cm³/mol. The summed E-state index contributed by atoms with van der Waals surface area (Å²) in [5, 5.41) is 14.9. The molecule has 1 aliphatic heterocycles. The Morgan fingerprint density at radius 2 is 2.00 bits per heavy atom. The number of aromatic nitrogens is 4. The molecule has 0 bridgehead atoms. The zero-order valence-electron chi connectivity index (χ0n) is 18.5. The molecule has 8 nitrogen and oxygen atoms in total. The molecule has 1 aromatic carbocycles. The van der Waals surface area contributed by atoms with Crippen molar-refractivity contribution in [3.8, 4) is 6.07 Å². The molecule has 8 heteroatoms. The molecule has 0 saturated carbocycles. The molecule has 4 heterocycles. The molecule has 4 aromatic rings. The van der Waals surface area contributed by atoms with Crippen molar-refractivity contribution in [1.82, 2.24) is 24.2 Å². The Kier molecular flexibility index (Phi) is 4.91. The first-order valence-electron chi connectivity index (χ1n) is 10.8. The van der Waals surface area contributed by atoms with Gasteiger partial charge in [-0.2, -0.15) is 10.4 Å². The van der Waals surface area contributed by atoms with E-state index in [0.29, 0.717) is 11.2 Å². The van der Waals surface area contributed by atoms with Gasteiger partial charge in [-0.25, -0.2) is 4.98 Å². The highest BCUT2D eigenvalue weighted by molar-refractivity contribution is 5.89. The van der Waals surface area contributed by atoms with E-state index in [1.807, 2.05) is 17.9 Å². The van der Waals surface area contributed by atoms with Crippen LogP contribution >= 0.6 is 0 Å². The van der Waals surface area contributed by atoms with Gasteiger partial charge in [0.25, 0.3) is 5.56 Å². The largest absolute Gasteiger partial charge is 0.364 e. The number of benzene rings is 1. The quantitative estimate of drug-likeness (QED) is 0.499. The zero-order valence-corrected chi connectivity index (χ0v) is 18.5. The first-order chi connectivity index (χ1) is 15.5. The number of rotatable bonds is 3. The van der Waals surface area contributed by atoms with Gasteiger partial charge < -0.3 is 9.47 Å². The maximum atomic E-state index is 12.6. The van der Waals surface area contributed by atoms with E-state index >= 15 is 0 Å². The van der Waals surface area contributed by atoms with E-state index in [0.717, 1.165) is 42.9 Å². The van der Waals surface area contributed by atoms with Gasteiger partial charge in [0.1, 0.15) is 17.3 Å². The summed E-state index contributed by atoms with van der Waals surface area (Å²) < 4.78 is 3.49. The normalized spacial score (nSPS) is 17.2. The molecule has 0 N–H and O–H groups in total. The third-order valence-electron chi connectivity index (χ3n) is 6.48. The second-order valence-electron chi connectivity index (χ2n) is 8.50. The van der Waals surface area contributed by atoms with Crippen LogP contribution in [0.1, 0.15) is 18.2 Å². The van der Waals surface area contributed by atoms with Gasteiger partial charge in [-0.3, -0.25) is 14.4 Å². The van der Waals surface area contributed by atoms with Gasteiger partial charge in [0, 0.05) is 57.8 Å². The molecule has 5 rings (SSSR count). The Hall–Kier alpha value is -3.70. The third kappa shape index (κ3) is 3.31. The molecule has 0 aliphatic carbocycles. The van der Waals surface area contributed by atoms with Gasteiger partial charge >= 0.3 is 0 Å². The number of nitriles is 1. The average molecular weight is 428 g/mol. The van der Waals surface area contributed by atoms with Crippen LogP contribution in [0.3, 0.4) is 0 Å². The molecule has 0 spiro atoms. The van der Waals surface area contributed by atoms with Crippen LogP contribution in [0.4, 0.5) is 5.69 Å². The van der Waals surface area contributed by atoms with Crippen molar-refractivity contribution in [1.29, 1.82) is 5.26 Å². The lowest BCUT2D eigenvalue weighted by atomic mass is 10.1. The van der Waals surface area contributed by atoms with E-state index in [4.69, 9.17) is 0 Å². The van der Waals surface area contributed by atoms with Crippen molar-refractivity contribution in [2.24, 2.45) is 14.1 Å². The monoisotopic (exact) mass is 427 g/mol. The van der Waals surface area contributed by atoms with Crippen LogP contribution in [0.5, 0.6) is 0 Å². The van der Waals surface area contributed by atoms with Gasteiger partial charge in [0.05, 0.1) is 22.9 Å². The highest BCUT2D eigenvalue weighted by Crippen LogP contribution is 2.28. The lowest BCUT2D eigenvalue weighted by Crippen LogP contribution is -2.52. The summed E-state index contributed by atoms with van der Waals surface area (Å²) >= 11 is 0. The number of aryl methyl sites for hydroxylation is 2. The lowest BCUT2D eigenvalue weighted by molar-refractivity contribution is 0.222. The molecule has 1 aliphatic rings. The van der Waals surface area contributed by atoms with Crippen molar-refractivity contribution < 1.29 is 0 Å². The second-order valence-corrected chi connectivity index (χ2v) is 8.50. The van der Waals surface area contributed by atoms with Gasteiger partial charge in [0.2, 0.25) is 0 Å². The maximum Gasteiger partial charge on any atom is 0.252 e. The van der Waals surface area contributed by atoms with Crippen LogP contribution in [0.2, 0.25) is 0 Å². The van der Waals surface area contributed by atoms with E-state index in [1.165, 1.54) is 10.9 Å². The number of piperazine rings is 1. The fraction of sp³-hybridized carbons (Fsp3) is 0.333. The molecule has 0 unspecified atom stereocenters. The summed E-state index contributed by atoms with van der Waals surface area (Å²) in [4.78, 5) is 21.9. The standard InChI is InChI=1S/C24H25N7O/c1-16-14-30(15-17-5-4-6-20-19(17)13-26-29(20)3)9-10-31(16)22-11-23(32)28(2)21-8-7-18(12-25)27-24(21)22/h4-8,11,13,16H,9-10,14-15H2,1-3H3/t16-/m0/s1. The van der Waals surface area contributed by atoms with Crippen molar-refractivity contribution in [2.45, 2.75) is 19.5 Å². The Morgan fingerprint density at radius 3 is 2.78 bits per heavy atom. The molecule has 0 amide bonds. The summed E-state index contributed by atoms with van der Waals surface area (Å²) in [5.41, 5.74) is 4.94. The smallest absolute Gasteiger partial charge is 0.252 e. The topological polar surface area (TPSA) is 83.0 Å². The first kappa shape index (κ1) is 20.2. The fourth-order valence-electron chi connectivity index (χ4n) is 4.74. The molecular formula is C24H25N7O. The van der Waals surface area contributed by atoms with Gasteiger partial charge in [-0.05, 0) is 30.7 Å². The molecule has 162 valence electrons. The summed E-state index contributed by atoms with van der Waals surface area (Å²) in [6.45, 7) is 5.55. The van der Waals surface area contributed by atoms with E-state index in [1.54, 1.807) is 29.8 Å². The van der Waals surface area contributed by atoms with Gasteiger partial charge in [-0.1, -0.05) is 12.1 Å². The molecule has 32 heavy (non-hydrogen) atoms. The second kappa shape index (κ2) is 7.77. The minimum Gasteiger partial charge on any atom is -0.364 e. The Labute approximate surface area is 185 Å². The highest BCUT2D eigenvalue weighted by Gasteiger charge is 2.27. The Bertz CT molecular complexity index is 1430. The zero-order chi connectivity index (χ0) is 22.4. The van der Waals surface area contributed by atoms with E-state index < -0.39 is 0 Å². The minimum absolute atomic E-state index is 0.0723. The van der Waals surface area contributed by atoms with Crippen LogP contribution in [-0.2, 0) is 20.6 Å². The van der Waals surface area contributed by atoms with E-state index in [-0.39, 0.29) is 11.6 Å². The maximum absolute atomic E-state index is 12.6. The number of nitrogens with zero attached hydrogens (tertiary/aromatic N) is 7. The van der Waals surface area contributed by atoms with Crippen LogP contribution in [0.25, 0.3) is 21.9 Å². The lowest BCUT2D eigenvalue weighted by Gasteiger charge is -2.41. The van der Waals surface area contributed by atoms with Crippen molar-refractivity contribution in [3.05, 3.63) is 64.2 Å². The van der Waals surface area contributed by atoms with Crippen LogP contribution in [0.15, 0.2) is 47.4 Å². The third-order valence-corrected chi connectivity index (χ3v) is 6.48. The summed E-state index contributed by atoms with van der Waals surface area (Å²) in [5.74, 6) is 0. The van der Waals surface area contributed by atoms with E-state index in [2.05, 4.69) is 51.1 Å². The fourth-order valence-corrected chi connectivity index (χ4v) is 4.74. The Balaban J connectivity index is 1.44. The molecule has 3 aromatic heterocycles. The summed E-state index contributed by atoms with van der Waals surface area (Å²) in [6, 6.07) is 13.8. The van der Waals surface area contributed by atoms with Crippen molar-refractivity contribution in [2.75, 3.05) is 24.5 Å². The predicted octanol–water partition coefficient (Wildman–Crippen LogP) is 2.40. The molecular weight excluding hydrogens is 402 g/mol. The SMILES string of the molecule is C[C@H]1CN(Cc2cccc3c2cnn3C)CCN1c1cc(=O)n(C)c2ccc(C#N)nc12. The molecule has 1 atom stereocenters. The van der Waals surface area contributed by atoms with Crippen LogP contribution < -0.4 is 10.5 Å². The average Bonchev–Trinajstić information content (AvgIpc) is 3.18. The summed E-state index contributed by atoms with van der Waals surface area (Å²) in [6.07, 6.45) is 1.94. The van der Waals surface area contributed by atoms with E-state index in [9.17, 15) is 10.1 Å². The first-order valence-corrected chi connectivity index (χ1v) is 10.8. The number of anilines is 1. The number of hydrogen-bond donors (Lipinski definition) is 0. The highest BCUT2D eigenvalue weighted by atomic mass is 16.1. The number of hydrogen-bond acceptors (Lipinski definition) is 6. The molecule has 1 fully saturated rings. The molecule has 1 saturated heterocycles.